The molecule has 2 aromatic heterocycles. The molecule has 0 saturated heterocycles. The predicted molar refractivity (Wildman–Crippen MR) is 89.4 cm³/mol. The van der Waals surface area contributed by atoms with E-state index in [4.69, 9.17) is 5.11 Å². The Morgan fingerprint density at radius 1 is 1.00 bits per heavy atom. The normalized spacial score (nSPS) is 11.1. The van der Waals surface area contributed by atoms with Gasteiger partial charge in [0.25, 0.3) is 5.91 Å². The molecule has 0 radical (unpaired) electrons. The molecule has 2 N–H and O–H groups in total. The van der Waals surface area contributed by atoms with Crippen LogP contribution >= 0.6 is 0 Å². The molecule has 0 saturated carbocycles. The number of carbonyl (C=O) groups is 2. The maximum absolute atomic E-state index is 12.8. The Kier molecular flexibility index (Phi) is 4.98. The van der Waals surface area contributed by atoms with Crippen molar-refractivity contribution in [2.24, 2.45) is 0 Å². The van der Waals surface area contributed by atoms with Gasteiger partial charge in [-0.2, -0.15) is 23.4 Å². The fraction of sp³-hybridized carbons (Fsp3) is 0.0588. The van der Waals surface area contributed by atoms with Gasteiger partial charge in [0.2, 0.25) is 0 Å². The molecule has 28 heavy (non-hydrogen) atoms. The molecule has 0 atom stereocenters. The number of amides is 1. The summed E-state index contributed by atoms with van der Waals surface area (Å²) in [4.78, 5) is 23.5. The molecule has 8 nitrogen and oxygen atoms in total. The number of carbonyl (C=O) groups excluding carboxylic acids is 1. The van der Waals surface area contributed by atoms with Crippen molar-refractivity contribution in [3.05, 3.63) is 65.6 Å². The molecule has 3 rings (SSSR count). The minimum absolute atomic E-state index is 0.151. The monoisotopic (exact) mass is 389 g/mol. The Morgan fingerprint density at radius 2 is 1.79 bits per heavy atom. The third-order valence-corrected chi connectivity index (χ3v) is 3.60. The van der Waals surface area contributed by atoms with E-state index in [0.29, 0.717) is 23.4 Å². The second kappa shape index (κ2) is 7.39. The van der Waals surface area contributed by atoms with Gasteiger partial charge in [-0.1, -0.05) is 0 Å². The first-order valence-electron chi connectivity index (χ1n) is 7.62. The fourth-order valence-electron chi connectivity index (χ4n) is 2.24. The van der Waals surface area contributed by atoms with Gasteiger partial charge in [0.05, 0.1) is 34.9 Å². The molecule has 0 aliphatic carbocycles. The molecule has 3 aromatic rings. The number of aromatic nitrogens is 4. The molecule has 142 valence electrons. The van der Waals surface area contributed by atoms with Gasteiger partial charge in [-0.15, -0.1) is 10.2 Å². The van der Waals surface area contributed by atoms with Crippen LogP contribution < -0.4 is 5.32 Å². The van der Waals surface area contributed by atoms with Gasteiger partial charge in [0.1, 0.15) is 0 Å². The molecular formula is C17H10F3N5O3. The summed E-state index contributed by atoms with van der Waals surface area (Å²) in [5, 5.41) is 26.3. The first-order chi connectivity index (χ1) is 13.3. The van der Waals surface area contributed by atoms with Crippen molar-refractivity contribution in [3.8, 4) is 11.3 Å². The number of rotatable bonds is 4. The van der Waals surface area contributed by atoms with Gasteiger partial charge in [0.15, 0.2) is 5.69 Å². The number of halogens is 3. The number of anilines is 1. The molecule has 0 bridgehead atoms. The Balaban J connectivity index is 1.84. The van der Waals surface area contributed by atoms with E-state index in [9.17, 15) is 22.8 Å². The zero-order chi connectivity index (χ0) is 20.3. The number of nitrogens with one attached hydrogen (secondary N) is 1. The summed E-state index contributed by atoms with van der Waals surface area (Å²) in [5.74, 6) is -2.44. The van der Waals surface area contributed by atoms with Crippen molar-refractivity contribution in [1.29, 1.82) is 0 Å². The lowest BCUT2D eigenvalue weighted by atomic mass is 10.1. The van der Waals surface area contributed by atoms with Crippen LogP contribution in [0.3, 0.4) is 0 Å². The van der Waals surface area contributed by atoms with Crippen LogP contribution in [0.2, 0.25) is 0 Å². The first kappa shape index (κ1) is 18.9. The van der Waals surface area contributed by atoms with Crippen molar-refractivity contribution in [3.63, 3.8) is 0 Å². The molecular weight excluding hydrogens is 379 g/mol. The number of hydrogen-bond acceptors (Lipinski definition) is 6. The Morgan fingerprint density at radius 3 is 2.36 bits per heavy atom. The third-order valence-electron chi connectivity index (χ3n) is 3.60. The van der Waals surface area contributed by atoms with Gasteiger partial charge < -0.3 is 10.4 Å². The smallest absolute Gasteiger partial charge is 0.416 e. The second-order valence-electron chi connectivity index (χ2n) is 5.45. The van der Waals surface area contributed by atoms with Gasteiger partial charge in [-0.05, 0) is 36.4 Å². The van der Waals surface area contributed by atoms with E-state index in [0.717, 1.165) is 6.07 Å². The molecule has 0 aliphatic rings. The fourth-order valence-corrected chi connectivity index (χ4v) is 2.24. The number of benzene rings is 1. The van der Waals surface area contributed by atoms with Crippen LogP contribution in [0.25, 0.3) is 11.3 Å². The van der Waals surface area contributed by atoms with E-state index in [1.807, 2.05) is 0 Å². The summed E-state index contributed by atoms with van der Waals surface area (Å²) >= 11 is 0. The molecule has 0 fully saturated rings. The SMILES string of the molecule is O=C(Nc1ccc(C(F)(F)F)cc1C(=O)O)c1ccc(-c2ccnnc2)nn1. The maximum atomic E-state index is 12.8. The zero-order valence-corrected chi connectivity index (χ0v) is 13.8. The highest BCUT2D eigenvalue weighted by Gasteiger charge is 2.32. The lowest BCUT2D eigenvalue weighted by Gasteiger charge is -2.12. The predicted octanol–water partition coefficient (Wildman–Crippen LogP) is 2.90. The average Bonchev–Trinajstić information content (AvgIpc) is 2.68. The number of hydrogen-bond donors (Lipinski definition) is 2. The number of nitrogens with zero attached hydrogens (tertiary/aromatic N) is 4. The van der Waals surface area contributed by atoms with E-state index in [1.54, 1.807) is 6.07 Å². The third kappa shape index (κ3) is 4.09. The van der Waals surface area contributed by atoms with E-state index >= 15 is 0 Å². The summed E-state index contributed by atoms with van der Waals surface area (Å²) in [6.07, 6.45) is -1.81. The second-order valence-corrected chi connectivity index (χ2v) is 5.45. The topological polar surface area (TPSA) is 118 Å². The van der Waals surface area contributed by atoms with E-state index in [1.165, 1.54) is 24.5 Å². The van der Waals surface area contributed by atoms with Crippen LogP contribution in [0.4, 0.5) is 18.9 Å². The minimum atomic E-state index is -4.71. The van der Waals surface area contributed by atoms with Gasteiger partial charge in [0, 0.05) is 5.56 Å². The highest BCUT2D eigenvalue weighted by molar-refractivity contribution is 6.06. The Bertz CT molecular complexity index is 1020. The summed E-state index contributed by atoms with van der Waals surface area (Å²) in [7, 11) is 0. The molecule has 0 spiro atoms. The Hall–Kier alpha value is -3.89. The van der Waals surface area contributed by atoms with Crippen molar-refractivity contribution in [2.75, 3.05) is 5.32 Å². The standard InChI is InChI=1S/C17H10F3N5O3/c18-17(19,20)10-1-2-13(11(7-10)16(27)28)23-15(26)14-4-3-12(24-25-14)9-5-6-21-22-8-9/h1-8H,(H,23,26)(H,27,28). The van der Waals surface area contributed by atoms with E-state index in [2.05, 4.69) is 25.7 Å². The van der Waals surface area contributed by atoms with Crippen LogP contribution in [0.1, 0.15) is 26.4 Å². The number of carboxylic acid groups (broad SMARTS) is 1. The summed E-state index contributed by atoms with van der Waals surface area (Å²) < 4.78 is 38.3. The summed E-state index contributed by atoms with van der Waals surface area (Å²) in [5.41, 5.74) is -1.25. The highest BCUT2D eigenvalue weighted by Crippen LogP contribution is 2.32. The van der Waals surface area contributed by atoms with Crippen molar-refractivity contribution >= 4 is 17.6 Å². The van der Waals surface area contributed by atoms with E-state index in [-0.39, 0.29) is 11.4 Å². The zero-order valence-electron chi connectivity index (χ0n) is 13.8. The number of aromatic carboxylic acids is 1. The van der Waals surface area contributed by atoms with Crippen LogP contribution in [-0.2, 0) is 6.18 Å². The van der Waals surface area contributed by atoms with Crippen LogP contribution in [0.15, 0.2) is 48.8 Å². The maximum Gasteiger partial charge on any atom is 0.416 e. The van der Waals surface area contributed by atoms with Crippen LogP contribution in [0.5, 0.6) is 0 Å². The highest BCUT2D eigenvalue weighted by atomic mass is 19.4. The number of alkyl halides is 3. The summed E-state index contributed by atoms with van der Waals surface area (Å²) in [6.45, 7) is 0. The number of carboxylic acids is 1. The van der Waals surface area contributed by atoms with Crippen molar-refractivity contribution in [1.82, 2.24) is 20.4 Å². The quantitative estimate of drug-likeness (QED) is 0.704. The Labute approximate surface area is 155 Å². The molecule has 2 heterocycles. The molecule has 1 aromatic carbocycles. The average molecular weight is 389 g/mol. The van der Waals surface area contributed by atoms with Crippen molar-refractivity contribution in [2.45, 2.75) is 6.18 Å². The largest absolute Gasteiger partial charge is 0.478 e. The molecule has 0 unspecified atom stereocenters. The molecule has 0 aliphatic heterocycles. The van der Waals surface area contributed by atoms with Crippen LogP contribution in [0, 0.1) is 0 Å². The molecule has 1 amide bonds. The van der Waals surface area contributed by atoms with Gasteiger partial charge >= 0.3 is 12.1 Å². The lowest BCUT2D eigenvalue weighted by molar-refractivity contribution is -0.137. The minimum Gasteiger partial charge on any atom is -0.478 e. The van der Waals surface area contributed by atoms with Crippen LogP contribution in [-0.4, -0.2) is 37.4 Å². The van der Waals surface area contributed by atoms with E-state index < -0.39 is 29.2 Å². The molecule has 11 heteroatoms. The van der Waals surface area contributed by atoms with Gasteiger partial charge in [-0.3, -0.25) is 4.79 Å². The first-order valence-corrected chi connectivity index (χ1v) is 7.62. The lowest BCUT2D eigenvalue weighted by Crippen LogP contribution is -2.17. The van der Waals surface area contributed by atoms with Crippen molar-refractivity contribution < 1.29 is 27.9 Å². The summed E-state index contributed by atoms with van der Waals surface area (Å²) in [6, 6.07) is 6.45. The van der Waals surface area contributed by atoms with Gasteiger partial charge in [-0.25, -0.2) is 4.79 Å².